The van der Waals surface area contributed by atoms with E-state index in [0.717, 1.165) is 0 Å². The van der Waals surface area contributed by atoms with Crippen molar-refractivity contribution in [2.24, 2.45) is 0 Å². The first-order chi connectivity index (χ1) is 3.39. The van der Waals surface area contributed by atoms with E-state index < -0.39 is 0 Å². The monoisotopic (exact) mass is 97.0 g/mol. The average molecular weight is 97.1 g/mol. The van der Waals surface area contributed by atoms with E-state index in [1.807, 2.05) is 0 Å². The van der Waals surface area contributed by atoms with Crippen LogP contribution in [0.3, 0.4) is 0 Å². The molecule has 0 aliphatic heterocycles. The van der Waals surface area contributed by atoms with Crippen LogP contribution in [-0.4, -0.2) is 10.1 Å². The van der Waals surface area contributed by atoms with Crippen molar-refractivity contribution in [3.8, 4) is 5.75 Å². The molecule has 36 valence electrons. The molecule has 7 heavy (non-hydrogen) atoms. The van der Waals surface area contributed by atoms with Crippen LogP contribution in [0.1, 0.15) is 0 Å². The number of aromatic nitrogens is 2. The molecule has 0 saturated carbocycles. The lowest BCUT2D eigenvalue weighted by molar-refractivity contribution is -0.383. The number of hydrogen-bond donors (Lipinski definition) is 1. The Morgan fingerprint density at radius 1 is 1.71 bits per heavy atom. The van der Waals surface area contributed by atoms with Crippen LogP contribution in [-0.2, 0) is 0 Å². The number of nitrogens with zero attached hydrogens (tertiary/aromatic N) is 1. The quantitative estimate of drug-likeness (QED) is 0.479. The van der Waals surface area contributed by atoms with E-state index in [4.69, 9.17) is 5.11 Å². The maximum Gasteiger partial charge on any atom is 0.284 e. The van der Waals surface area contributed by atoms with Gasteiger partial charge in [-0.25, -0.2) is 4.98 Å². The fourth-order valence-corrected chi connectivity index (χ4v) is 0.317. The number of aromatic amines is 1. The summed E-state index contributed by atoms with van der Waals surface area (Å²) in [4.78, 5) is 6.18. The van der Waals surface area contributed by atoms with Gasteiger partial charge >= 0.3 is 0 Å². The Morgan fingerprint density at radius 2 is 2.57 bits per heavy atom. The number of nitrogens with one attached hydrogen (secondary N) is 1. The molecular formula is C4H5N2O+. The normalized spacial score (nSPS) is 8.57. The number of H-pyrrole nitrogens is 1. The Hall–Kier alpha value is -1.12. The van der Waals surface area contributed by atoms with Crippen molar-refractivity contribution in [1.29, 1.82) is 0 Å². The summed E-state index contributed by atoms with van der Waals surface area (Å²) in [5.74, 6) is 0.155. The summed E-state index contributed by atoms with van der Waals surface area (Å²) in [6.45, 7) is 0. The minimum atomic E-state index is 0.155. The fourth-order valence-electron chi connectivity index (χ4n) is 0.317. The predicted molar refractivity (Wildman–Crippen MR) is 22.5 cm³/mol. The summed E-state index contributed by atoms with van der Waals surface area (Å²) in [6.07, 6.45) is 4.29. The van der Waals surface area contributed by atoms with Gasteiger partial charge in [0.05, 0.1) is 0 Å². The summed E-state index contributed by atoms with van der Waals surface area (Å²) in [7, 11) is 0. The van der Waals surface area contributed by atoms with Crippen LogP contribution in [0.5, 0.6) is 5.75 Å². The highest BCUT2D eigenvalue weighted by atomic mass is 16.3. The largest absolute Gasteiger partial charge is 0.502 e. The summed E-state index contributed by atoms with van der Waals surface area (Å²) < 4.78 is 0. The van der Waals surface area contributed by atoms with Gasteiger partial charge in [0, 0.05) is 0 Å². The van der Waals surface area contributed by atoms with E-state index >= 15 is 0 Å². The molecular weight excluding hydrogens is 92.1 g/mol. The fraction of sp³-hybridized carbons (Fsp3) is 0. The molecule has 0 unspecified atom stereocenters. The number of aromatic hydroxyl groups is 1. The summed E-state index contributed by atoms with van der Waals surface area (Å²) in [5, 5.41) is 8.54. The molecule has 1 rings (SSSR count). The third-order valence-electron chi connectivity index (χ3n) is 0.587. The zero-order chi connectivity index (χ0) is 5.11. The van der Waals surface area contributed by atoms with Gasteiger partial charge in [-0.1, -0.05) is 4.98 Å². The second-order valence-electron chi connectivity index (χ2n) is 1.14. The molecule has 3 nitrogen and oxygen atoms in total. The highest BCUT2D eigenvalue weighted by molar-refractivity contribution is 5.02. The van der Waals surface area contributed by atoms with Crippen molar-refractivity contribution >= 4 is 0 Å². The molecule has 0 spiro atoms. The van der Waals surface area contributed by atoms with Crippen molar-refractivity contribution in [3.63, 3.8) is 0 Å². The van der Waals surface area contributed by atoms with Crippen LogP contribution in [0, 0.1) is 0 Å². The first kappa shape index (κ1) is 4.05. The first-order valence-corrected chi connectivity index (χ1v) is 1.89. The molecule has 3 heteroatoms. The second kappa shape index (κ2) is 1.55. The van der Waals surface area contributed by atoms with E-state index in [1.54, 1.807) is 0 Å². The molecule has 0 aliphatic carbocycles. The molecule has 0 amide bonds. The van der Waals surface area contributed by atoms with Crippen molar-refractivity contribution < 1.29 is 10.1 Å². The Bertz CT molecular complexity index is 140. The minimum Gasteiger partial charge on any atom is -0.502 e. The van der Waals surface area contributed by atoms with E-state index in [9.17, 15) is 0 Å². The zero-order valence-electron chi connectivity index (χ0n) is 3.63. The van der Waals surface area contributed by atoms with E-state index in [2.05, 4.69) is 9.97 Å². The Kier molecular flexibility index (Phi) is 0.898. The second-order valence-corrected chi connectivity index (χ2v) is 1.14. The van der Waals surface area contributed by atoms with Crippen molar-refractivity contribution in [2.45, 2.75) is 0 Å². The summed E-state index contributed by atoms with van der Waals surface area (Å²) in [6, 6.07) is 0. The van der Waals surface area contributed by atoms with Crippen LogP contribution < -0.4 is 4.98 Å². The van der Waals surface area contributed by atoms with Gasteiger partial charge in [0.15, 0.2) is 11.9 Å². The van der Waals surface area contributed by atoms with E-state index in [1.165, 1.54) is 18.7 Å². The Balaban J connectivity index is 3.02. The molecule has 2 N–H and O–H groups in total. The highest BCUT2D eigenvalue weighted by Gasteiger charge is 1.85. The molecule has 0 fully saturated rings. The van der Waals surface area contributed by atoms with Crippen LogP contribution in [0.2, 0.25) is 0 Å². The molecule has 0 saturated heterocycles. The van der Waals surface area contributed by atoms with E-state index in [0.29, 0.717) is 0 Å². The summed E-state index contributed by atoms with van der Waals surface area (Å²) in [5.41, 5.74) is 0. The van der Waals surface area contributed by atoms with Crippen LogP contribution in [0.15, 0.2) is 18.7 Å². The highest BCUT2D eigenvalue weighted by Crippen LogP contribution is 1.94. The Labute approximate surface area is 40.7 Å². The third kappa shape index (κ3) is 0.855. The van der Waals surface area contributed by atoms with Crippen LogP contribution in [0.25, 0.3) is 0 Å². The molecule has 0 radical (unpaired) electrons. The van der Waals surface area contributed by atoms with Gasteiger partial charge in [-0.2, -0.15) is 0 Å². The van der Waals surface area contributed by atoms with Crippen LogP contribution in [0.4, 0.5) is 0 Å². The van der Waals surface area contributed by atoms with Gasteiger partial charge in [-0.15, -0.1) is 0 Å². The molecule has 1 aromatic rings. The number of hydrogen-bond acceptors (Lipinski definition) is 2. The molecule has 0 aromatic carbocycles. The predicted octanol–water partition coefficient (Wildman–Crippen LogP) is -0.399. The van der Waals surface area contributed by atoms with Gasteiger partial charge < -0.3 is 5.11 Å². The van der Waals surface area contributed by atoms with Gasteiger partial charge in [0.2, 0.25) is 0 Å². The Morgan fingerprint density at radius 3 is 2.86 bits per heavy atom. The van der Waals surface area contributed by atoms with Gasteiger partial charge in [-0.3, -0.25) is 0 Å². The van der Waals surface area contributed by atoms with Gasteiger partial charge in [0.1, 0.15) is 6.20 Å². The lowest BCUT2D eigenvalue weighted by Crippen LogP contribution is -1.98. The molecule has 0 bridgehead atoms. The summed E-state index contributed by atoms with van der Waals surface area (Å²) >= 11 is 0. The number of rotatable bonds is 0. The smallest absolute Gasteiger partial charge is 0.284 e. The van der Waals surface area contributed by atoms with Crippen LogP contribution >= 0.6 is 0 Å². The van der Waals surface area contributed by atoms with E-state index in [-0.39, 0.29) is 5.75 Å². The van der Waals surface area contributed by atoms with Gasteiger partial charge in [0.25, 0.3) is 6.33 Å². The van der Waals surface area contributed by atoms with Crippen molar-refractivity contribution in [3.05, 3.63) is 18.7 Å². The SMILES string of the molecule is Oc1cnc[nH+]c1. The average Bonchev–Trinajstić information content (AvgIpc) is 1.69. The van der Waals surface area contributed by atoms with Crippen molar-refractivity contribution in [1.82, 2.24) is 4.98 Å². The van der Waals surface area contributed by atoms with Crippen molar-refractivity contribution in [2.75, 3.05) is 0 Å². The zero-order valence-corrected chi connectivity index (χ0v) is 3.63. The molecule has 1 heterocycles. The lowest BCUT2D eigenvalue weighted by Gasteiger charge is -1.74. The maximum atomic E-state index is 8.54. The third-order valence-corrected chi connectivity index (χ3v) is 0.587. The molecule has 0 aliphatic rings. The standard InChI is InChI=1S/C4H4N2O/c7-4-1-5-3-6-2-4/h1-3,7H/p+1. The van der Waals surface area contributed by atoms with Gasteiger partial charge in [-0.05, 0) is 0 Å². The first-order valence-electron chi connectivity index (χ1n) is 1.89. The topological polar surface area (TPSA) is 47.3 Å². The minimum absolute atomic E-state index is 0.155. The molecule has 1 aromatic heterocycles. The maximum absolute atomic E-state index is 8.54. The lowest BCUT2D eigenvalue weighted by atomic mass is 10.6. The molecule has 0 atom stereocenters.